The Morgan fingerprint density at radius 2 is 1.91 bits per heavy atom. The second-order valence-electron chi connectivity index (χ2n) is 5.45. The first kappa shape index (κ1) is 15.2. The van der Waals surface area contributed by atoms with Crippen LogP contribution in [0.5, 0.6) is 0 Å². The Morgan fingerprint density at radius 1 is 1.14 bits per heavy atom. The van der Waals surface area contributed by atoms with Crippen LogP contribution in [0.15, 0.2) is 36.4 Å². The Kier molecular flexibility index (Phi) is 5.19. The van der Waals surface area contributed by atoms with Crippen LogP contribution in [0.25, 0.3) is 6.08 Å². The summed E-state index contributed by atoms with van der Waals surface area (Å²) < 4.78 is 4.38. The summed E-state index contributed by atoms with van der Waals surface area (Å²) in [5.41, 5.74) is 1.27. The van der Waals surface area contributed by atoms with Crippen LogP contribution in [0.2, 0.25) is 0 Å². The fourth-order valence-corrected chi connectivity index (χ4v) is 3.34. The molecular weight excluding hydrogens is 292 g/mol. The van der Waals surface area contributed by atoms with Crippen molar-refractivity contribution < 1.29 is 0 Å². The van der Waals surface area contributed by atoms with Crippen LogP contribution in [0, 0.1) is 0 Å². The van der Waals surface area contributed by atoms with Gasteiger partial charge in [-0.05, 0) is 5.56 Å². The number of hydrogen-bond donors (Lipinski definition) is 0. The minimum atomic E-state index is 0.917. The number of aryl methyl sites for hydroxylation is 1. The number of piperazine rings is 1. The summed E-state index contributed by atoms with van der Waals surface area (Å²) in [5.74, 6) is 0.966. The maximum Gasteiger partial charge on any atom is 0.205 e. The molecule has 1 aromatic heterocycles. The molecule has 0 atom stereocenters. The Labute approximate surface area is 136 Å². The molecule has 0 aliphatic carbocycles. The predicted octanol–water partition coefficient (Wildman–Crippen LogP) is 2.94. The number of benzene rings is 1. The van der Waals surface area contributed by atoms with Gasteiger partial charge in [0.15, 0.2) is 0 Å². The van der Waals surface area contributed by atoms with Crippen LogP contribution in [-0.2, 0) is 6.42 Å². The third-order valence-corrected chi connectivity index (χ3v) is 4.70. The summed E-state index contributed by atoms with van der Waals surface area (Å²) in [7, 11) is 0. The molecule has 0 spiro atoms. The predicted molar refractivity (Wildman–Crippen MR) is 93.4 cm³/mol. The van der Waals surface area contributed by atoms with Crippen LogP contribution in [0.4, 0.5) is 5.13 Å². The van der Waals surface area contributed by atoms with Crippen LogP contribution in [-0.4, -0.2) is 47.0 Å². The van der Waals surface area contributed by atoms with Gasteiger partial charge in [0.1, 0.15) is 5.82 Å². The summed E-state index contributed by atoms with van der Waals surface area (Å²) in [5, 5.41) is 1.08. The van der Waals surface area contributed by atoms with E-state index >= 15 is 0 Å². The lowest BCUT2D eigenvalue weighted by Gasteiger charge is -2.33. The van der Waals surface area contributed by atoms with E-state index in [2.05, 4.69) is 62.5 Å². The number of anilines is 1. The SMILES string of the molecule is CCc1nsc(N2CCN(C/C=C/c3ccccc3)CC2)n1. The van der Waals surface area contributed by atoms with E-state index in [9.17, 15) is 0 Å². The molecule has 1 saturated heterocycles. The van der Waals surface area contributed by atoms with Crippen LogP contribution in [0.1, 0.15) is 18.3 Å². The van der Waals surface area contributed by atoms with Gasteiger partial charge >= 0.3 is 0 Å². The van der Waals surface area contributed by atoms with Gasteiger partial charge in [0, 0.05) is 50.7 Å². The zero-order valence-corrected chi connectivity index (χ0v) is 13.8. The van der Waals surface area contributed by atoms with Gasteiger partial charge in [-0.2, -0.15) is 4.37 Å². The molecule has 0 radical (unpaired) electrons. The summed E-state index contributed by atoms with van der Waals surface area (Å²) in [6.07, 6.45) is 5.37. The zero-order chi connectivity index (χ0) is 15.2. The first-order chi connectivity index (χ1) is 10.8. The van der Waals surface area contributed by atoms with Gasteiger partial charge in [0.05, 0.1) is 0 Å². The van der Waals surface area contributed by atoms with Gasteiger partial charge in [-0.15, -0.1) is 0 Å². The van der Waals surface area contributed by atoms with E-state index in [0.29, 0.717) is 0 Å². The van der Waals surface area contributed by atoms with E-state index in [1.54, 1.807) is 0 Å². The van der Waals surface area contributed by atoms with E-state index in [-0.39, 0.29) is 0 Å². The molecule has 0 bridgehead atoms. The minimum Gasteiger partial charge on any atom is -0.344 e. The van der Waals surface area contributed by atoms with E-state index in [1.807, 2.05) is 6.07 Å². The Hall–Kier alpha value is -1.72. The Morgan fingerprint density at radius 3 is 2.59 bits per heavy atom. The topological polar surface area (TPSA) is 32.3 Å². The molecular formula is C17H22N4S. The number of rotatable bonds is 5. The van der Waals surface area contributed by atoms with Crippen molar-refractivity contribution in [2.24, 2.45) is 0 Å². The Balaban J connectivity index is 1.46. The maximum absolute atomic E-state index is 4.58. The highest BCUT2D eigenvalue weighted by Gasteiger charge is 2.18. The number of aromatic nitrogens is 2. The van der Waals surface area contributed by atoms with Crippen LogP contribution < -0.4 is 4.90 Å². The van der Waals surface area contributed by atoms with E-state index in [0.717, 1.165) is 50.1 Å². The van der Waals surface area contributed by atoms with Crippen molar-refractivity contribution in [1.29, 1.82) is 0 Å². The quantitative estimate of drug-likeness (QED) is 0.849. The van der Waals surface area contributed by atoms with Crippen molar-refractivity contribution in [3.05, 3.63) is 47.8 Å². The molecule has 22 heavy (non-hydrogen) atoms. The molecule has 116 valence electrons. The summed E-state index contributed by atoms with van der Waals surface area (Å²) in [6.45, 7) is 7.36. The molecule has 4 nitrogen and oxygen atoms in total. The molecule has 0 N–H and O–H groups in total. The summed E-state index contributed by atoms with van der Waals surface area (Å²) in [4.78, 5) is 9.42. The van der Waals surface area contributed by atoms with Gasteiger partial charge in [-0.25, -0.2) is 4.98 Å². The van der Waals surface area contributed by atoms with Crippen molar-refractivity contribution >= 4 is 22.7 Å². The highest BCUT2D eigenvalue weighted by atomic mass is 32.1. The zero-order valence-electron chi connectivity index (χ0n) is 13.0. The lowest BCUT2D eigenvalue weighted by Crippen LogP contribution is -2.46. The third-order valence-electron chi connectivity index (χ3n) is 3.89. The highest BCUT2D eigenvalue weighted by molar-refractivity contribution is 7.09. The van der Waals surface area contributed by atoms with Crippen LogP contribution >= 0.6 is 11.5 Å². The van der Waals surface area contributed by atoms with Crippen molar-refractivity contribution in [1.82, 2.24) is 14.3 Å². The lowest BCUT2D eigenvalue weighted by atomic mass is 10.2. The van der Waals surface area contributed by atoms with Gasteiger partial charge in [-0.3, -0.25) is 4.90 Å². The van der Waals surface area contributed by atoms with E-state index < -0.39 is 0 Å². The molecule has 2 aromatic rings. The van der Waals surface area contributed by atoms with Gasteiger partial charge in [0.25, 0.3) is 0 Å². The second-order valence-corrected chi connectivity index (χ2v) is 6.18. The van der Waals surface area contributed by atoms with Gasteiger partial charge in [-0.1, -0.05) is 49.4 Å². The standard InChI is InChI=1S/C17H22N4S/c1-2-16-18-17(22-19-16)21-13-11-20(12-14-21)10-6-9-15-7-4-3-5-8-15/h3-9H,2,10-14H2,1H3/b9-6+. The molecule has 5 heteroatoms. The maximum atomic E-state index is 4.58. The molecule has 0 unspecified atom stereocenters. The molecule has 0 amide bonds. The lowest BCUT2D eigenvalue weighted by molar-refractivity contribution is 0.284. The molecule has 1 fully saturated rings. The molecule has 0 saturated carbocycles. The van der Waals surface area contributed by atoms with Gasteiger partial charge in [0.2, 0.25) is 5.13 Å². The largest absolute Gasteiger partial charge is 0.344 e. The van der Waals surface area contributed by atoms with E-state index in [4.69, 9.17) is 0 Å². The van der Waals surface area contributed by atoms with Crippen molar-refractivity contribution in [2.75, 3.05) is 37.6 Å². The molecule has 2 heterocycles. The van der Waals surface area contributed by atoms with Crippen molar-refractivity contribution in [3.8, 4) is 0 Å². The van der Waals surface area contributed by atoms with Crippen LogP contribution in [0.3, 0.4) is 0 Å². The highest BCUT2D eigenvalue weighted by Crippen LogP contribution is 2.19. The number of nitrogens with zero attached hydrogens (tertiary/aromatic N) is 4. The fourth-order valence-electron chi connectivity index (χ4n) is 2.54. The smallest absolute Gasteiger partial charge is 0.205 e. The average molecular weight is 314 g/mol. The van der Waals surface area contributed by atoms with Crippen molar-refractivity contribution in [2.45, 2.75) is 13.3 Å². The summed E-state index contributed by atoms with van der Waals surface area (Å²) in [6, 6.07) is 10.5. The second kappa shape index (κ2) is 7.51. The first-order valence-electron chi connectivity index (χ1n) is 7.86. The third kappa shape index (κ3) is 3.93. The minimum absolute atomic E-state index is 0.917. The Bertz CT molecular complexity index is 600. The summed E-state index contributed by atoms with van der Waals surface area (Å²) >= 11 is 1.53. The first-order valence-corrected chi connectivity index (χ1v) is 8.64. The fraction of sp³-hybridized carbons (Fsp3) is 0.412. The van der Waals surface area contributed by atoms with E-state index in [1.165, 1.54) is 17.1 Å². The van der Waals surface area contributed by atoms with Gasteiger partial charge < -0.3 is 4.90 Å². The monoisotopic (exact) mass is 314 g/mol. The average Bonchev–Trinajstić information content (AvgIpc) is 3.06. The molecule has 1 aliphatic heterocycles. The molecule has 3 rings (SSSR count). The normalized spacial score (nSPS) is 16.5. The molecule has 1 aromatic carbocycles. The number of hydrogen-bond acceptors (Lipinski definition) is 5. The molecule has 1 aliphatic rings. The van der Waals surface area contributed by atoms with Crippen molar-refractivity contribution in [3.63, 3.8) is 0 Å².